The molecule has 0 unspecified atom stereocenters. The molecule has 0 spiro atoms. The Morgan fingerprint density at radius 2 is 1.52 bits per heavy atom. The van der Waals surface area contributed by atoms with Gasteiger partial charge in [-0.05, 0) is 18.3 Å². The van der Waals surface area contributed by atoms with Crippen LogP contribution in [0.1, 0.15) is 47.0 Å². The van der Waals surface area contributed by atoms with E-state index in [1.165, 1.54) is 0 Å². The molecular weight excluding hydrogens is 328 g/mol. The lowest BCUT2D eigenvalue weighted by Crippen LogP contribution is -2.56. The van der Waals surface area contributed by atoms with Gasteiger partial charge in [0.2, 0.25) is 17.7 Å². The van der Waals surface area contributed by atoms with Gasteiger partial charge in [-0.3, -0.25) is 14.4 Å². The van der Waals surface area contributed by atoms with E-state index in [0.29, 0.717) is 12.8 Å². The lowest BCUT2D eigenvalue weighted by molar-refractivity contribution is -0.143. The normalized spacial score (nSPS) is 15.8. The first-order valence-corrected chi connectivity index (χ1v) is 8.36. The van der Waals surface area contributed by atoms with Gasteiger partial charge >= 0.3 is 5.97 Å². The fourth-order valence-electron chi connectivity index (χ4n) is 2.16. The first-order valence-electron chi connectivity index (χ1n) is 8.36. The molecule has 0 aromatic heterocycles. The third-order valence-corrected chi connectivity index (χ3v) is 3.92. The zero-order valence-electron chi connectivity index (χ0n) is 15.2. The molecule has 9 heteroatoms. The van der Waals surface area contributed by atoms with Crippen molar-refractivity contribution in [3.05, 3.63) is 0 Å². The molecule has 144 valence electrons. The van der Waals surface area contributed by atoms with Crippen molar-refractivity contribution in [3.8, 4) is 0 Å². The van der Waals surface area contributed by atoms with Crippen LogP contribution in [0.5, 0.6) is 0 Å². The van der Waals surface area contributed by atoms with E-state index in [1.807, 2.05) is 27.7 Å². The van der Waals surface area contributed by atoms with Gasteiger partial charge in [-0.15, -0.1) is 0 Å². The second-order valence-corrected chi connectivity index (χ2v) is 6.67. The van der Waals surface area contributed by atoms with Gasteiger partial charge in [0, 0.05) is 0 Å². The van der Waals surface area contributed by atoms with E-state index in [0.717, 1.165) is 0 Å². The molecule has 4 atom stereocenters. The Bertz CT molecular complexity index is 495. The van der Waals surface area contributed by atoms with Crippen molar-refractivity contribution in [3.63, 3.8) is 0 Å². The summed E-state index contributed by atoms with van der Waals surface area (Å²) in [5.41, 5.74) is 10.9. The number of aliphatic carboxylic acids is 1. The van der Waals surface area contributed by atoms with E-state index in [-0.39, 0.29) is 11.8 Å². The van der Waals surface area contributed by atoms with Crippen LogP contribution in [0.3, 0.4) is 0 Å². The number of primary amides is 1. The number of carboxylic acids is 1. The zero-order valence-corrected chi connectivity index (χ0v) is 15.2. The summed E-state index contributed by atoms with van der Waals surface area (Å²) >= 11 is 0. The number of amides is 3. The molecule has 3 amide bonds. The number of hydrogen-bond donors (Lipinski definition) is 5. The summed E-state index contributed by atoms with van der Waals surface area (Å²) in [4.78, 5) is 46.7. The predicted molar refractivity (Wildman–Crippen MR) is 92.2 cm³/mol. The van der Waals surface area contributed by atoms with Crippen molar-refractivity contribution in [1.82, 2.24) is 10.6 Å². The predicted octanol–water partition coefficient (Wildman–Crippen LogP) is -0.664. The Hall–Kier alpha value is -2.16. The summed E-state index contributed by atoms with van der Waals surface area (Å²) in [6, 6.07) is -3.16. The van der Waals surface area contributed by atoms with Crippen molar-refractivity contribution in [2.24, 2.45) is 23.3 Å². The smallest absolute Gasteiger partial charge is 0.326 e. The maximum absolute atomic E-state index is 12.4. The second kappa shape index (κ2) is 10.7. The molecular formula is C16H30N4O5. The van der Waals surface area contributed by atoms with Crippen LogP contribution in [0.2, 0.25) is 0 Å². The first-order chi connectivity index (χ1) is 11.5. The molecule has 0 heterocycles. The summed E-state index contributed by atoms with van der Waals surface area (Å²) in [7, 11) is 0. The SMILES string of the molecule is CC[C@H](C)[C@H](N)C(=O)N[C@@H](CC(C)C)C(=O)N[C@H](CC(N)=O)C(=O)O. The lowest BCUT2D eigenvalue weighted by atomic mass is 9.97. The minimum Gasteiger partial charge on any atom is -0.480 e. The minimum absolute atomic E-state index is 0.0651. The van der Waals surface area contributed by atoms with E-state index in [4.69, 9.17) is 16.6 Å². The molecule has 0 aliphatic heterocycles. The lowest BCUT2D eigenvalue weighted by Gasteiger charge is -2.25. The Labute approximate surface area is 147 Å². The second-order valence-electron chi connectivity index (χ2n) is 6.67. The summed E-state index contributed by atoms with van der Waals surface area (Å²) in [5, 5.41) is 13.9. The van der Waals surface area contributed by atoms with Crippen molar-refractivity contribution < 1.29 is 24.3 Å². The molecule has 0 bridgehead atoms. The van der Waals surface area contributed by atoms with Gasteiger partial charge in [0.1, 0.15) is 12.1 Å². The highest BCUT2D eigenvalue weighted by Gasteiger charge is 2.30. The first kappa shape index (κ1) is 22.8. The average molecular weight is 358 g/mol. The average Bonchev–Trinajstić information content (AvgIpc) is 2.50. The van der Waals surface area contributed by atoms with Crippen LogP contribution in [0.25, 0.3) is 0 Å². The number of nitrogens with one attached hydrogen (secondary N) is 2. The number of carbonyl (C=O) groups is 4. The third-order valence-electron chi connectivity index (χ3n) is 3.92. The standard InChI is InChI=1S/C16H30N4O5/c1-5-9(4)13(18)15(23)19-10(6-8(2)3)14(22)20-11(16(24)25)7-12(17)21/h8-11,13H,5-7,18H2,1-4H3,(H2,17,21)(H,19,23)(H,20,22)(H,24,25)/t9-,10-,11+,13-/m0/s1. The van der Waals surface area contributed by atoms with Crippen LogP contribution < -0.4 is 22.1 Å². The van der Waals surface area contributed by atoms with Crippen LogP contribution in [0, 0.1) is 11.8 Å². The molecule has 0 rings (SSSR count). The van der Waals surface area contributed by atoms with Crippen LogP contribution in [-0.2, 0) is 19.2 Å². The highest BCUT2D eigenvalue weighted by Crippen LogP contribution is 2.09. The fourth-order valence-corrected chi connectivity index (χ4v) is 2.16. The van der Waals surface area contributed by atoms with Crippen molar-refractivity contribution in [2.45, 2.75) is 65.1 Å². The van der Waals surface area contributed by atoms with E-state index in [2.05, 4.69) is 10.6 Å². The summed E-state index contributed by atoms with van der Waals surface area (Å²) in [6.45, 7) is 7.45. The molecule has 0 aliphatic rings. The molecule has 0 aliphatic carbocycles. The van der Waals surface area contributed by atoms with E-state index in [9.17, 15) is 19.2 Å². The number of nitrogens with two attached hydrogens (primary N) is 2. The quantitative estimate of drug-likeness (QED) is 0.329. The van der Waals surface area contributed by atoms with Gasteiger partial charge in [-0.1, -0.05) is 34.1 Å². The van der Waals surface area contributed by atoms with E-state index >= 15 is 0 Å². The maximum atomic E-state index is 12.4. The maximum Gasteiger partial charge on any atom is 0.326 e. The largest absolute Gasteiger partial charge is 0.480 e. The molecule has 0 radical (unpaired) electrons. The topological polar surface area (TPSA) is 165 Å². The van der Waals surface area contributed by atoms with Gasteiger partial charge in [0.05, 0.1) is 12.5 Å². The molecule has 0 fully saturated rings. The third kappa shape index (κ3) is 8.48. The highest BCUT2D eigenvalue weighted by atomic mass is 16.4. The summed E-state index contributed by atoms with van der Waals surface area (Å²) < 4.78 is 0. The zero-order chi connectivity index (χ0) is 19.7. The Balaban J connectivity index is 5.11. The van der Waals surface area contributed by atoms with Crippen LogP contribution in [-0.4, -0.2) is 46.9 Å². The van der Waals surface area contributed by atoms with E-state index in [1.54, 1.807) is 0 Å². The van der Waals surface area contributed by atoms with Gasteiger partial charge in [-0.25, -0.2) is 4.79 Å². The number of rotatable bonds is 11. The van der Waals surface area contributed by atoms with Crippen LogP contribution in [0.4, 0.5) is 0 Å². The van der Waals surface area contributed by atoms with Crippen molar-refractivity contribution >= 4 is 23.7 Å². The van der Waals surface area contributed by atoms with Crippen LogP contribution >= 0.6 is 0 Å². The number of carboxylic acid groups (broad SMARTS) is 1. The monoisotopic (exact) mass is 358 g/mol. The molecule has 0 saturated carbocycles. The van der Waals surface area contributed by atoms with Gasteiger partial charge in [0.25, 0.3) is 0 Å². The molecule has 0 aromatic carbocycles. The Kier molecular flexibility index (Phi) is 9.73. The minimum atomic E-state index is -1.44. The van der Waals surface area contributed by atoms with Gasteiger partial charge < -0.3 is 27.2 Å². The fraction of sp³-hybridized carbons (Fsp3) is 0.750. The van der Waals surface area contributed by atoms with Gasteiger partial charge in [0.15, 0.2) is 0 Å². The Morgan fingerprint density at radius 1 is 1.00 bits per heavy atom. The summed E-state index contributed by atoms with van der Waals surface area (Å²) in [6.07, 6.45) is 0.471. The van der Waals surface area contributed by atoms with Crippen molar-refractivity contribution in [2.75, 3.05) is 0 Å². The molecule has 0 aromatic rings. The van der Waals surface area contributed by atoms with Crippen LogP contribution in [0.15, 0.2) is 0 Å². The molecule has 25 heavy (non-hydrogen) atoms. The Morgan fingerprint density at radius 3 is 1.92 bits per heavy atom. The molecule has 7 N–H and O–H groups in total. The highest BCUT2D eigenvalue weighted by molar-refractivity contribution is 5.93. The number of hydrogen-bond acceptors (Lipinski definition) is 5. The van der Waals surface area contributed by atoms with Crippen molar-refractivity contribution in [1.29, 1.82) is 0 Å². The van der Waals surface area contributed by atoms with E-state index < -0.39 is 48.2 Å². The number of carbonyl (C=O) groups excluding carboxylic acids is 3. The summed E-state index contributed by atoms with van der Waals surface area (Å²) in [5.74, 6) is -3.39. The molecule has 0 saturated heterocycles. The molecule has 9 nitrogen and oxygen atoms in total. The van der Waals surface area contributed by atoms with Gasteiger partial charge in [-0.2, -0.15) is 0 Å².